The van der Waals surface area contributed by atoms with Crippen molar-refractivity contribution in [3.63, 3.8) is 0 Å². The quantitative estimate of drug-likeness (QED) is 0.834. The Kier molecular flexibility index (Phi) is 4.49. The molecular formula is C13H22N4O. The Morgan fingerprint density at radius 2 is 2.33 bits per heavy atom. The summed E-state index contributed by atoms with van der Waals surface area (Å²) in [6.07, 6.45) is 2.28. The SMILES string of the molecule is CNc1cc(C)nc([C@@H]2CCCN(CCO)C2)n1. The number of aliphatic hydroxyl groups excluding tert-OH is 1. The van der Waals surface area contributed by atoms with E-state index in [1.807, 2.05) is 20.0 Å². The van der Waals surface area contributed by atoms with Gasteiger partial charge >= 0.3 is 0 Å². The first-order valence-corrected chi connectivity index (χ1v) is 6.59. The highest BCUT2D eigenvalue weighted by Gasteiger charge is 2.23. The molecule has 1 aromatic rings. The summed E-state index contributed by atoms with van der Waals surface area (Å²) in [6, 6.07) is 1.96. The van der Waals surface area contributed by atoms with Crippen LogP contribution in [0.25, 0.3) is 0 Å². The van der Waals surface area contributed by atoms with Gasteiger partial charge < -0.3 is 15.3 Å². The van der Waals surface area contributed by atoms with Crippen LogP contribution in [0.5, 0.6) is 0 Å². The van der Waals surface area contributed by atoms with E-state index in [4.69, 9.17) is 5.11 Å². The number of hydrogen-bond donors (Lipinski definition) is 2. The number of nitrogens with zero attached hydrogens (tertiary/aromatic N) is 3. The van der Waals surface area contributed by atoms with Crippen LogP contribution in [0, 0.1) is 6.92 Å². The van der Waals surface area contributed by atoms with Gasteiger partial charge in [0.15, 0.2) is 0 Å². The molecule has 100 valence electrons. The van der Waals surface area contributed by atoms with Crippen LogP contribution in [-0.4, -0.2) is 53.3 Å². The third kappa shape index (κ3) is 3.17. The molecule has 0 bridgehead atoms. The van der Waals surface area contributed by atoms with Gasteiger partial charge in [-0.3, -0.25) is 0 Å². The van der Waals surface area contributed by atoms with Gasteiger partial charge in [-0.05, 0) is 26.3 Å². The molecule has 0 saturated carbocycles. The first-order valence-electron chi connectivity index (χ1n) is 6.59. The zero-order valence-electron chi connectivity index (χ0n) is 11.2. The Morgan fingerprint density at radius 1 is 1.50 bits per heavy atom. The van der Waals surface area contributed by atoms with E-state index in [0.29, 0.717) is 5.92 Å². The summed E-state index contributed by atoms with van der Waals surface area (Å²) < 4.78 is 0. The molecule has 1 aliphatic rings. The smallest absolute Gasteiger partial charge is 0.135 e. The Bertz CT molecular complexity index is 395. The lowest BCUT2D eigenvalue weighted by Gasteiger charge is -2.31. The third-order valence-electron chi connectivity index (χ3n) is 3.41. The van der Waals surface area contributed by atoms with E-state index in [-0.39, 0.29) is 6.61 Å². The standard InChI is InChI=1S/C13H22N4O/c1-10-8-12(14-2)16-13(15-10)11-4-3-5-17(9-11)6-7-18/h8,11,18H,3-7,9H2,1-2H3,(H,14,15,16)/t11-/m1/s1. The Hall–Kier alpha value is -1.20. The van der Waals surface area contributed by atoms with E-state index >= 15 is 0 Å². The number of rotatable bonds is 4. The number of hydrogen-bond acceptors (Lipinski definition) is 5. The van der Waals surface area contributed by atoms with Crippen LogP contribution < -0.4 is 5.32 Å². The van der Waals surface area contributed by atoms with Crippen molar-refractivity contribution in [2.45, 2.75) is 25.7 Å². The predicted molar refractivity (Wildman–Crippen MR) is 71.8 cm³/mol. The maximum absolute atomic E-state index is 9.02. The van der Waals surface area contributed by atoms with Gasteiger partial charge in [-0.25, -0.2) is 9.97 Å². The van der Waals surface area contributed by atoms with Crippen molar-refractivity contribution in [2.75, 3.05) is 38.6 Å². The van der Waals surface area contributed by atoms with Crippen molar-refractivity contribution in [1.29, 1.82) is 0 Å². The molecule has 2 rings (SSSR count). The minimum atomic E-state index is 0.225. The molecular weight excluding hydrogens is 228 g/mol. The van der Waals surface area contributed by atoms with Gasteiger partial charge in [0.25, 0.3) is 0 Å². The Balaban J connectivity index is 2.12. The summed E-state index contributed by atoms with van der Waals surface area (Å²) in [4.78, 5) is 11.4. The van der Waals surface area contributed by atoms with Crippen LogP contribution >= 0.6 is 0 Å². The topological polar surface area (TPSA) is 61.3 Å². The Morgan fingerprint density at radius 3 is 3.06 bits per heavy atom. The van der Waals surface area contributed by atoms with Crippen LogP contribution in [-0.2, 0) is 0 Å². The van der Waals surface area contributed by atoms with Crippen molar-refractivity contribution in [1.82, 2.24) is 14.9 Å². The molecule has 18 heavy (non-hydrogen) atoms. The van der Waals surface area contributed by atoms with Crippen molar-refractivity contribution in [3.05, 3.63) is 17.6 Å². The lowest BCUT2D eigenvalue weighted by molar-refractivity contribution is 0.159. The van der Waals surface area contributed by atoms with Crippen molar-refractivity contribution in [2.24, 2.45) is 0 Å². The summed E-state index contributed by atoms with van der Waals surface area (Å²) in [5.41, 5.74) is 1.00. The number of aryl methyl sites for hydroxylation is 1. The van der Waals surface area contributed by atoms with Crippen LogP contribution in [0.1, 0.15) is 30.3 Å². The lowest BCUT2D eigenvalue weighted by atomic mass is 9.97. The normalized spacial score (nSPS) is 20.9. The number of anilines is 1. The maximum Gasteiger partial charge on any atom is 0.135 e. The second-order valence-corrected chi connectivity index (χ2v) is 4.87. The molecule has 0 spiro atoms. The van der Waals surface area contributed by atoms with Crippen LogP contribution in [0.15, 0.2) is 6.07 Å². The zero-order chi connectivity index (χ0) is 13.0. The average Bonchev–Trinajstić information content (AvgIpc) is 2.39. The minimum absolute atomic E-state index is 0.225. The number of aliphatic hydroxyl groups is 1. The number of β-amino-alcohol motifs (C(OH)–C–C–N with tert-alkyl or cyclic N) is 1. The highest BCUT2D eigenvalue weighted by molar-refractivity contribution is 5.35. The van der Waals surface area contributed by atoms with E-state index < -0.39 is 0 Å². The molecule has 0 aromatic carbocycles. The molecule has 1 saturated heterocycles. The molecule has 1 fully saturated rings. The monoisotopic (exact) mass is 250 g/mol. The number of piperidine rings is 1. The second-order valence-electron chi connectivity index (χ2n) is 4.87. The molecule has 0 amide bonds. The van der Waals surface area contributed by atoms with E-state index in [9.17, 15) is 0 Å². The fraction of sp³-hybridized carbons (Fsp3) is 0.692. The van der Waals surface area contributed by atoms with E-state index in [1.165, 1.54) is 0 Å². The maximum atomic E-state index is 9.02. The zero-order valence-corrected chi connectivity index (χ0v) is 11.2. The molecule has 0 radical (unpaired) electrons. The van der Waals surface area contributed by atoms with Crippen LogP contribution in [0.3, 0.4) is 0 Å². The molecule has 2 heterocycles. The summed E-state index contributed by atoms with van der Waals surface area (Å²) in [6.45, 7) is 5.00. The number of nitrogens with one attached hydrogen (secondary N) is 1. The van der Waals surface area contributed by atoms with Gasteiger partial charge in [-0.2, -0.15) is 0 Å². The van der Waals surface area contributed by atoms with E-state index in [1.54, 1.807) is 0 Å². The van der Waals surface area contributed by atoms with Crippen molar-refractivity contribution in [3.8, 4) is 0 Å². The summed E-state index contributed by atoms with van der Waals surface area (Å²) in [5, 5.41) is 12.1. The summed E-state index contributed by atoms with van der Waals surface area (Å²) in [7, 11) is 1.88. The first-order chi connectivity index (χ1) is 8.72. The second kappa shape index (κ2) is 6.11. The third-order valence-corrected chi connectivity index (χ3v) is 3.41. The molecule has 0 aliphatic carbocycles. The molecule has 2 N–H and O–H groups in total. The van der Waals surface area contributed by atoms with Crippen LogP contribution in [0.4, 0.5) is 5.82 Å². The highest BCUT2D eigenvalue weighted by Crippen LogP contribution is 2.25. The molecule has 1 aliphatic heterocycles. The van der Waals surface area contributed by atoms with Gasteiger partial charge in [-0.15, -0.1) is 0 Å². The fourth-order valence-electron chi connectivity index (χ4n) is 2.51. The molecule has 1 atom stereocenters. The number of likely N-dealkylation sites (tertiary alicyclic amines) is 1. The van der Waals surface area contributed by atoms with E-state index in [2.05, 4.69) is 20.2 Å². The summed E-state index contributed by atoms with van der Waals surface area (Å²) in [5.74, 6) is 2.20. The van der Waals surface area contributed by atoms with Crippen molar-refractivity contribution >= 4 is 5.82 Å². The fourth-order valence-corrected chi connectivity index (χ4v) is 2.51. The van der Waals surface area contributed by atoms with Gasteiger partial charge in [0, 0.05) is 37.8 Å². The molecule has 1 aromatic heterocycles. The van der Waals surface area contributed by atoms with E-state index in [0.717, 1.165) is 49.8 Å². The largest absolute Gasteiger partial charge is 0.395 e. The first kappa shape index (κ1) is 13.2. The highest BCUT2D eigenvalue weighted by atomic mass is 16.3. The Labute approximate surface area is 108 Å². The number of aromatic nitrogens is 2. The van der Waals surface area contributed by atoms with Crippen LogP contribution in [0.2, 0.25) is 0 Å². The van der Waals surface area contributed by atoms with Gasteiger partial charge in [0.2, 0.25) is 0 Å². The van der Waals surface area contributed by atoms with Gasteiger partial charge in [-0.1, -0.05) is 0 Å². The average molecular weight is 250 g/mol. The minimum Gasteiger partial charge on any atom is -0.395 e. The predicted octanol–water partition coefficient (Wildman–Crippen LogP) is 0.998. The molecule has 5 heteroatoms. The lowest BCUT2D eigenvalue weighted by Crippen LogP contribution is -2.36. The molecule has 5 nitrogen and oxygen atoms in total. The van der Waals surface area contributed by atoms with Gasteiger partial charge in [0.1, 0.15) is 11.6 Å². The van der Waals surface area contributed by atoms with Gasteiger partial charge in [0.05, 0.1) is 6.61 Å². The summed E-state index contributed by atoms with van der Waals surface area (Å²) >= 11 is 0. The molecule has 0 unspecified atom stereocenters. The van der Waals surface area contributed by atoms with Crippen molar-refractivity contribution < 1.29 is 5.11 Å².